The van der Waals surface area contributed by atoms with Crippen molar-refractivity contribution in [1.29, 1.82) is 0 Å². The SMILES string of the molecule is O=S(=O)(c1ccc(F)c(Cl)c1)N1CCc2nc(N3CCCCC3)ncc2C1. The number of piperidine rings is 1. The molecule has 1 aromatic heterocycles. The van der Waals surface area contributed by atoms with E-state index in [0.717, 1.165) is 55.3 Å². The van der Waals surface area contributed by atoms with Crippen LogP contribution in [0, 0.1) is 5.82 Å². The molecule has 0 atom stereocenters. The fraction of sp³-hybridized carbons (Fsp3) is 0.444. The Morgan fingerprint density at radius 1 is 1.11 bits per heavy atom. The van der Waals surface area contributed by atoms with Crippen molar-refractivity contribution in [3.05, 3.63) is 46.5 Å². The Hall–Kier alpha value is -1.77. The van der Waals surface area contributed by atoms with Crippen molar-refractivity contribution in [2.45, 2.75) is 37.1 Å². The smallest absolute Gasteiger partial charge is 0.243 e. The van der Waals surface area contributed by atoms with E-state index in [0.29, 0.717) is 13.0 Å². The Morgan fingerprint density at radius 2 is 1.89 bits per heavy atom. The number of hydrogen-bond acceptors (Lipinski definition) is 5. The van der Waals surface area contributed by atoms with Crippen LogP contribution in [0.15, 0.2) is 29.3 Å². The van der Waals surface area contributed by atoms with Gasteiger partial charge in [0.1, 0.15) is 5.82 Å². The number of sulfonamides is 1. The first-order valence-corrected chi connectivity index (χ1v) is 10.8. The molecule has 9 heteroatoms. The summed E-state index contributed by atoms with van der Waals surface area (Å²) in [5.41, 5.74) is 1.70. The van der Waals surface area contributed by atoms with Crippen molar-refractivity contribution < 1.29 is 12.8 Å². The fourth-order valence-corrected chi connectivity index (χ4v) is 5.21. The lowest BCUT2D eigenvalue weighted by Gasteiger charge is -2.30. The molecule has 0 spiro atoms. The van der Waals surface area contributed by atoms with E-state index in [2.05, 4.69) is 14.9 Å². The van der Waals surface area contributed by atoms with Crippen LogP contribution >= 0.6 is 11.6 Å². The van der Waals surface area contributed by atoms with Gasteiger partial charge in [0.05, 0.1) is 15.6 Å². The highest BCUT2D eigenvalue weighted by Gasteiger charge is 2.30. The van der Waals surface area contributed by atoms with Crippen LogP contribution in [0.3, 0.4) is 0 Å². The van der Waals surface area contributed by atoms with Gasteiger partial charge in [-0.05, 0) is 37.5 Å². The number of halogens is 2. The Balaban J connectivity index is 1.56. The van der Waals surface area contributed by atoms with Gasteiger partial charge in [-0.1, -0.05) is 11.6 Å². The topological polar surface area (TPSA) is 66.4 Å². The molecule has 0 aliphatic carbocycles. The molecule has 2 aliphatic heterocycles. The van der Waals surface area contributed by atoms with Crippen LogP contribution in [0.25, 0.3) is 0 Å². The standard InChI is InChI=1S/C18H20ClFN4O2S/c19-15-10-14(4-5-16(15)20)27(25,26)24-9-6-17-13(12-24)11-21-18(22-17)23-7-2-1-3-8-23/h4-5,10-11H,1-3,6-9,12H2. The van der Waals surface area contributed by atoms with Crippen molar-refractivity contribution in [1.82, 2.24) is 14.3 Å². The molecule has 1 fully saturated rings. The van der Waals surface area contributed by atoms with E-state index in [1.807, 2.05) is 0 Å². The minimum absolute atomic E-state index is 0.0109. The van der Waals surface area contributed by atoms with E-state index in [1.54, 1.807) is 6.20 Å². The summed E-state index contributed by atoms with van der Waals surface area (Å²) in [6, 6.07) is 3.46. The van der Waals surface area contributed by atoms with Crippen LogP contribution in [-0.2, 0) is 23.0 Å². The molecular formula is C18H20ClFN4O2S. The Morgan fingerprint density at radius 3 is 2.63 bits per heavy atom. The van der Waals surface area contributed by atoms with E-state index in [-0.39, 0.29) is 16.5 Å². The lowest BCUT2D eigenvalue weighted by Crippen LogP contribution is -2.37. The molecule has 0 unspecified atom stereocenters. The molecule has 0 amide bonds. The number of anilines is 1. The third kappa shape index (κ3) is 3.66. The Labute approximate surface area is 163 Å². The zero-order chi connectivity index (χ0) is 19.0. The van der Waals surface area contributed by atoms with Gasteiger partial charge in [0.2, 0.25) is 16.0 Å². The van der Waals surface area contributed by atoms with Gasteiger partial charge < -0.3 is 4.90 Å². The monoisotopic (exact) mass is 410 g/mol. The summed E-state index contributed by atoms with van der Waals surface area (Å²) < 4.78 is 40.5. The molecule has 0 saturated carbocycles. The third-order valence-corrected chi connectivity index (χ3v) is 7.18. The number of nitrogens with zero attached hydrogens (tertiary/aromatic N) is 4. The quantitative estimate of drug-likeness (QED) is 0.778. The second kappa shape index (κ2) is 7.33. The minimum Gasteiger partial charge on any atom is -0.341 e. The van der Waals surface area contributed by atoms with Crippen molar-refractivity contribution >= 4 is 27.6 Å². The van der Waals surface area contributed by atoms with Gasteiger partial charge in [-0.25, -0.2) is 22.8 Å². The zero-order valence-corrected chi connectivity index (χ0v) is 16.3. The van der Waals surface area contributed by atoms with E-state index in [1.165, 1.54) is 16.8 Å². The molecule has 3 heterocycles. The van der Waals surface area contributed by atoms with E-state index in [9.17, 15) is 12.8 Å². The Bertz CT molecular complexity index is 964. The first-order valence-electron chi connectivity index (χ1n) is 9.00. The molecule has 4 rings (SSSR count). The second-order valence-corrected chi connectivity index (χ2v) is 9.20. The van der Waals surface area contributed by atoms with Crippen LogP contribution < -0.4 is 4.90 Å². The maximum atomic E-state index is 13.4. The summed E-state index contributed by atoms with van der Waals surface area (Å²) in [6.07, 6.45) is 5.78. The normalized spacial score (nSPS) is 18.4. The molecule has 2 aromatic rings. The molecule has 1 aromatic carbocycles. The van der Waals surface area contributed by atoms with Crippen LogP contribution in [-0.4, -0.2) is 42.3 Å². The summed E-state index contributed by atoms with van der Waals surface area (Å²) in [7, 11) is -3.76. The lowest BCUT2D eigenvalue weighted by molar-refractivity contribution is 0.386. The summed E-state index contributed by atoms with van der Waals surface area (Å²) in [5, 5.41) is -0.206. The van der Waals surface area contributed by atoms with Gasteiger partial charge in [-0.15, -0.1) is 0 Å². The average Bonchev–Trinajstić information content (AvgIpc) is 2.69. The Kier molecular flexibility index (Phi) is 5.05. The van der Waals surface area contributed by atoms with Gasteiger partial charge >= 0.3 is 0 Å². The van der Waals surface area contributed by atoms with Crippen molar-refractivity contribution in [3.63, 3.8) is 0 Å². The molecule has 2 aliphatic rings. The molecule has 1 saturated heterocycles. The summed E-state index contributed by atoms with van der Waals surface area (Å²) >= 11 is 5.75. The highest BCUT2D eigenvalue weighted by molar-refractivity contribution is 7.89. The molecule has 27 heavy (non-hydrogen) atoms. The van der Waals surface area contributed by atoms with Crippen LogP contribution in [0.5, 0.6) is 0 Å². The van der Waals surface area contributed by atoms with Crippen molar-refractivity contribution in [2.24, 2.45) is 0 Å². The fourth-order valence-electron chi connectivity index (χ4n) is 3.52. The zero-order valence-electron chi connectivity index (χ0n) is 14.7. The van der Waals surface area contributed by atoms with Gasteiger partial charge in [-0.3, -0.25) is 0 Å². The predicted octanol–water partition coefficient (Wildman–Crippen LogP) is 3.01. The van der Waals surface area contributed by atoms with Crippen LogP contribution in [0.1, 0.15) is 30.5 Å². The number of hydrogen-bond donors (Lipinski definition) is 0. The van der Waals surface area contributed by atoms with E-state index < -0.39 is 15.8 Å². The summed E-state index contributed by atoms with van der Waals surface area (Å²) in [5.74, 6) is 0.0910. The second-order valence-electron chi connectivity index (χ2n) is 6.85. The number of rotatable bonds is 3. The van der Waals surface area contributed by atoms with Crippen molar-refractivity contribution in [3.8, 4) is 0 Å². The molecule has 6 nitrogen and oxygen atoms in total. The van der Waals surface area contributed by atoms with Gasteiger partial charge in [-0.2, -0.15) is 4.31 Å². The molecule has 144 valence electrons. The number of fused-ring (bicyclic) bond motifs is 1. The lowest BCUT2D eigenvalue weighted by atomic mass is 10.1. The highest BCUT2D eigenvalue weighted by Crippen LogP contribution is 2.27. The minimum atomic E-state index is -3.76. The van der Waals surface area contributed by atoms with E-state index in [4.69, 9.17) is 11.6 Å². The van der Waals surface area contributed by atoms with Crippen LogP contribution in [0.4, 0.5) is 10.3 Å². The van der Waals surface area contributed by atoms with E-state index >= 15 is 0 Å². The maximum Gasteiger partial charge on any atom is 0.243 e. The number of aromatic nitrogens is 2. The maximum absolute atomic E-state index is 13.4. The van der Waals surface area contributed by atoms with Crippen molar-refractivity contribution in [2.75, 3.05) is 24.5 Å². The summed E-state index contributed by atoms with van der Waals surface area (Å²) in [6.45, 7) is 2.45. The molecule has 0 bridgehead atoms. The first kappa shape index (κ1) is 18.6. The molecule has 0 radical (unpaired) electrons. The predicted molar refractivity (Wildman–Crippen MR) is 101 cm³/mol. The largest absolute Gasteiger partial charge is 0.341 e. The van der Waals surface area contributed by atoms with Gasteiger partial charge in [0.15, 0.2) is 0 Å². The van der Waals surface area contributed by atoms with Crippen LogP contribution in [0.2, 0.25) is 5.02 Å². The molecular weight excluding hydrogens is 391 g/mol. The summed E-state index contributed by atoms with van der Waals surface area (Å²) in [4.78, 5) is 11.3. The number of benzene rings is 1. The third-order valence-electron chi connectivity index (χ3n) is 5.05. The highest BCUT2D eigenvalue weighted by atomic mass is 35.5. The molecule has 0 N–H and O–H groups in total. The average molecular weight is 411 g/mol. The first-order chi connectivity index (χ1) is 12.9. The van der Waals surface area contributed by atoms with Gasteiger partial charge in [0, 0.05) is 44.4 Å². The van der Waals surface area contributed by atoms with Gasteiger partial charge in [0.25, 0.3) is 0 Å².